The van der Waals surface area contributed by atoms with E-state index in [0.29, 0.717) is 27.5 Å². The number of carbonyl (C=O) groups excluding carboxylic acids is 1. The van der Waals surface area contributed by atoms with Gasteiger partial charge in [-0.25, -0.2) is 9.97 Å². The molecule has 1 heterocycles. The van der Waals surface area contributed by atoms with Gasteiger partial charge in [-0.2, -0.15) is 0 Å². The van der Waals surface area contributed by atoms with Gasteiger partial charge in [0, 0.05) is 10.9 Å². The summed E-state index contributed by atoms with van der Waals surface area (Å²) in [6.07, 6.45) is 0. The Labute approximate surface area is 147 Å². The number of aromatic nitrogens is 2. The van der Waals surface area contributed by atoms with Crippen molar-refractivity contribution in [3.8, 4) is 11.3 Å². The van der Waals surface area contributed by atoms with Crippen molar-refractivity contribution in [3.05, 3.63) is 46.4 Å². The fourth-order valence-electron chi connectivity index (χ4n) is 2.34. The third-order valence-corrected chi connectivity index (χ3v) is 4.07. The number of carbonyl (C=O) groups is 1. The van der Waals surface area contributed by atoms with E-state index in [-0.39, 0.29) is 11.0 Å². The van der Waals surface area contributed by atoms with E-state index >= 15 is 0 Å². The third-order valence-electron chi connectivity index (χ3n) is 3.37. The lowest BCUT2D eigenvalue weighted by Gasteiger charge is -2.14. The first-order chi connectivity index (χ1) is 11.5. The number of fused-ring (bicyclic) bond motifs is 1. The van der Waals surface area contributed by atoms with E-state index in [1.807, 2.05) is 18.2 Å². The predicted molar refractivity (Wildman–Crippen MR) is 95.1 cm³/mol. The summed E-state index contributed by atoms with van der Waals surface area (Å²) in [6.45, 7) is -0.655. The maximum atomic E-state index is 11.4. The Morgan fingerprint density at radius 1 is 1.17 bits per heavy atom. The molecule has 8 heteroatoms. The number of benzene rings is 2. The van der Waals surface area contributed by atoms with Crippen molar-refractivity contribution in [1.82, 2.24) is 9.97 Å². The number of rotatable bonds is 3. The maximum absolute atomic E-state index is 11.4. The third kappa shape index (κ3) is 2.99. The van der Waals surface area contributed by atoms with Gasteiger partial charge in [0.2, 0.25) is 11.9 Å². The number of hydrogen-bond donors (Lipinski definition) is 3. The van der Waals surface area contributed by atoms with Crippen LogP contribution in [0.25, 0.3) is 22.2 Å². The van der Waals surface area contributed by atoms with E-state index in [4.69, 9.17) is 34.0 Å². The quantitative estimate of drug-likeness (QED) is 0.664. The number of nitrogen functional groups attached to an aromatic ring is 1. The van der Waals surface area contributed by atoms with Crippen molar-refractivity contribution in [2.24, 2.45) is 0 Å². The number of anilines is 2. The second-order valence-corrected chi connectivity index (χ2v) is 5.72. The van der Waals surface area contributed by atoms with E-state index < -0.39 is 12.5 Å². The van der Waals surface area contributed by atoms with Crippen LogP contribution >= 0.6 is 23.2 Å². The van der Waals surface area contributed by atoms with E-state index in [1.165, 1.54) is 0 Å². The normalized spacial score (nSPS) is 10.8. The Morgan fingerprint density at radius 3 is 2.67 bits per heavy atom. The van der Waals surface area contributed by atoms with Gasteiger partial charge < -0.3 is 16.2 Å². The van der Waals surface area contributed by atoms with Crippen molar-refractivity contribution >= 4 is 51.6 Å². The van der Waals surface area contributed by atoms with E-state index in [1.54, 1.807) is 18.2 Å². The van der Waals surface area contributed by atoms with E-state index in [9.17, 15) is 4.79 Å². The Kier molecular flexibility index (Phi) is 4.53. The highest BCUT2D eigenvalue weighted by molar-refractivity contribution is 6.41. The van der Waals surface area contributed by atoms with Gasteiger partial charge in [-0.3, -0.25) is 4.79 Å². The average Bonchev–Trinajstić information content (AvgIpc) is 2.57. The molecule has 1 amide bonds. The molecule has 0 radical (unpaired) electrons. The van der Waals surface area contributed by atoms with Gasteiger partial charge in [-0.1, -0.05) is 41.4 Å². The van der Waals surface area contributed by atoms with Crippen LogP contribution in [0, 0.1) is 0 Å². The zero-order valence-corrected chi connectivity index (χ0v) is 13.8. The molecule has 0 aliphatic heterocycles. The first-order valence-electron chi connectivity index (χ1n) is 6.92. The van der Waals surface area contributed by atoms with Crippen molar-refractivity contribution in [2.45, 2.75) is 0 Å². The Hall–Kier alpha value is -2.41. The molecule has 0 spiro atoms. The standard InChI is InChI=1S/C16H12Cl2N4O2/c17-9-5-6-11(20-12(24)7-23)14(18)13(9)15-8-3-1-2-4-10(8)21-16(19)22-15/h1-6,23H,7H2,(H,20,24)(H2,19,21,22). The van der Waals surface area contributed by atoms with Gasteiger partial charge in [0.25, 0.3) is 0 Å². The minimum Gasteiger partial charge on any atom is -0.387 e. The largest absolute Gasteiger partial charge is 0.387 e. The SMILES string of the molecule is Nc1nc(-c2c(Cl)ccc(NC(=O)CO)c2Cl)c2ccccc2n1. The summed E-state index contributed by atoms with van der Waals surface area (Å²) in [4.78, 5) is 19.9. The molecule has 0 fully saturated rings. The molecular weight excluding hydrogens is 351 g/mol. The molecule has 0 atom stereocenters. The number of nitrogens with one attached hydrogen (secondary N) is 1. The van der Waals surface area contributed by atoms with Crippen LogP contribution in [0.3, 0.4) is 0 Å². The molecule has 0 saturated carbocycles. The lowest BCUT2D eigenvalue weighted by atomic mass is 10.1. The Bertz CT molecular complexity index is 947. The fraction of sp³-hybridized carbons (Fsp3) is 0.0625. The van der Waals surface area contributed by atoms with Crippen LogP contribution in [0.1, 0.15) is 0 Å². The van der Waals surface area contributed by atoms with Crippen LogP contribution in [0.5, 0.6) is 0 Å². The molecule has 4 N–H and O–H groups in total. The molecule has 0 aliphatic carbocycles. The van der Waals surface area contributed by atoms with Crippen LogP contribution in [0.4, 0.5) is 11.6 Å². The van der Waals surface area contributed by atoms with Crippen molar-refractivity contribution < 1.29 is 9.90 Å². The minimum absolute atomic E-state index is 0.0839. The van der Waals surface area contributed by atoms with E-state index in [0.717, 1.165) is 5.39 Å². The monoisotopic (exact) mass is 362 g/mol. The Morgan fingerprint density at radius 2 is 1.92 bits per heavy atom. The number of nitrogens with zero attached hydrogens (tertiary/aromatic N) is 2. The van der Waals surface area contributed by atoms with Crippen LogP contribution in [0.15, 0.2) is 36.4 Å². The first-order valence-corrected chi connectivity index (χ1v) is 7.68. The predicted octanol–water partition coefficient (Wildman–Crippen LogP) is 3.12. The number of aliphatic hydroxyl groups is 1. The molecule has 0 unspecified atom stereocenters. The summed E-state index contributed by atoms with van der Waals surface area (Å²) in [5.41, 5.74) is 7.65. The summed E-state index contributed by atoms with van der Waals surface area (Å²) in [6, 6.07) is 10.4. The highest BCUT2D eigenvalue weighted by Crippen LogP contribution is 2.41. The van der Waals surface area contributed by atoms with Crippen molar-refractivity contribution in [3.63, 3.8) is 0 Å². The zero-order valence-electron chi connectivity index (χ0n) is 12.3. The number of nitrogens with two attached hydrogens (primary N) is 1. The van der Waals surface area contributed by atoms with Crippen LogP contribution < -0.4 is 11.1 Å². The molecule has 24 heavy (non-hydrogen) atoms. The lowest BCUT2D eigenvalue weighted by molar-refractivity contribution is -0.118. The highest BCUT2D eigenvalue weighted by Gasteiger charge is 2.18. The second-order valence-electron chi connectivity index (χ2n) is 4.94. The molecular formula is C16H12Cl2N4O2. The molecule has 0 bridgehead atoms. The number of amides is 1. The number of hydrogen-bond acceptors (Lipinski definition) is 5. The molecule has 1 aromatic heterocycles. The van der Waals surface area contributed by atoms with Crippen LogP contribution in [-0.2, 0) is 4.79 Å². The number of aliphatic hydroxyl groups excluding tert-OH is 1. The number of para-hydroxylation sites is 1. The minimum atomic E-state index is -0.655. The highest BCUT2D eigenvalue weighted by atomic mass is 35.5. The van der Waals surface area contributed by atoms with Crippen LogP contribution in [-0.4, -0.2) is 27.6 Å². The molecule has 0 aliphatic rings. The maximum Gasteiger partial charge on any atom is 0.250 e. The van der Waals surface area contributed by atoms with Gasteiger partial charge in [-0.05, 0) is 18.2 Å². The molecule has 6 nitrogen and oxygen atoms in total. The summed E-state index contributed by atoms with van der Waals surface area (Å²) in [5, 5.41) is 12.7. The van der Waals surface area contributed by atoms with Gasteiger partial charge >= 0.3 is 0 Å². The topological polar surface area (TPSA) is 101 Å². The van der Waals surface area contributed by atoms with Gasteiger partial charge in [-0.15, -0.1) is 0 Å². The van der Waals surface area contributed by atoms with Crippen LogP contribution in [0.2, 0.25) is 10.0 Å². The molecule has 122 valence electrons. The summed E-state index contributed by atoms with van der Waals surface area (Å²) in [7, 11) is 0. The van der Waals surface area contributed by atoms with Crippen molar-refractivity contribution in [1.29, 1.82) is 0 Å². The summed E-state index contributed by atoms with van der Waals surface area (Å²) < 4.78 is 0. The molecule has 3 aromatic rings. The van der Waals surface area contributed by atoms with Gasteiger partial charge in [0.15, 0.2) is 0 Å². The average molecular weight is 363 g/mol. The molecule has 0 saturated heterocycles. The van der Waals surface area contributed by atoms with Gasteiger partial charge in [0.05, 0.1) is 26.9 Å². The fourth-order valence-corrected chi connectivity index (χ4v) is 2.94. The summed E-state index contributed by atoms with van der Waals surface area (Å²) in [5.74, 6) is -0.502. The smallest absolute Gasteiger partial charge is 0.250 e. The van der Waals surface area contributed by atoms with Gasteiger partial charge in [0.1, 0.15) is 6.61 Å². The zero-order chi connectivity index (χ0) is 17.3. The Balaban J connectivity index is 2.27. The van der Waals surface area contributed by atoms with E-state index in [2.05, 4.69) is 15.3 Å². The molecule has 2 aromatic carbocycles. The lowest BCUT2D eigenvalue weighted by Crippen LogP contribution is -2.15. The first kappa shape index (κ1) is 16.4. The number of halogens is 2. The molecule has 3 rings (SSSR count). The second kappa shape index (κ2) is 6.60. The summed E-state index contributed by atoms with van der Waals surface area (Å²) >= 11 is 12.7. The van der Waals surface area contributed by atoms with Crippen molar-refractivity contribution in [2.75, 3.05) is 17.7 Å².